The molecule has 0 aromatic carbocycles. The van der Waals surface area contributed by atoms with Gasteiger partial charge in [-0.3, -0.25) is 9.59 Å². The van der Waals surface area contributed by atoms with Crippen LogP contribution in [0.4, 0.5) is 4.39 Å². The third kappa shape index (κ3) is 3.98. The Kier molecular flexibility index (Phi) is 4.92. The van der Waals surface area contributed by atoms with Crippen molar-refractivity contribution >= 4 is 11.8 Å². The van der Waals surface area contributed by atoms with E-state index in [2.05, 4.69) is 15.3 Å². The second-order valence-electron chi connectivity index (χ2n) is 6.46. The summed E-state index contributed by atoms with van der Waals surface area (Å²) in [6.07, 6.45) is 5.57. The van der Waals surface area contributed by atoms with Crippen LogP contribution in [0, 0.1) is 11.7 Å². The van der Waals surface area contributed by atoms with Crippen molar-refractivity contribution in [2.45, 2.75) is 44.2 Å². The number of carbonyl (C=O) groups is 2. The van der Waals surface area contributed by atoms with Gasteiger partial charge in [-0.1, -0.05) is 0 Å². The van der Waals surface area contributed by atoms with Crippen molar-refractivity contribution in [2.24, 2.45) is 5.92 Å². The van der Waals surface area contributed by atoms with E-state index in [1.807, 2.05) is 0 Å². The number of rotatable bonds is 4. The summed E-state index contributed by atoms with van der Waals surface area (Å²) < 4.78 is 18.4. The first kappa shape index (κ1) is 16.6. The standard InChI is InChI=1S/C16H21FN4O3/c1-21-9-10(6-14(21)22)15(23)20-12-2-4-13(5-3-12)24-16-18-7-11(17)8-19-16/h7-8,10,12-13H,2-6,9H2,1H3,(H,20,23)/t10-,12?,13?/m1/s1. The quantitative estimate of drug-likeness (QED) is 0.883. The van der Waals surface area contributed by atoms with E-state index < -0.39 is 5.82 Å². The smallest absolute Gasteiger partial charge is 0.316 e. The second kappa shape index (κ2) is 7.11. The van der Waals surface area contributed by atoms with Gasteiger partial charge >= 0.3 is 6.01 Å². The van der Waals surface area contributed by atoms with Crippen molar-refractivity contribution in [1.29, 1.82) is 0 Å². The predicted molar refractivity (Wildman–Crippen MR) is 82.5 cm³/mol. The molecule has 0 spiro atoms. The highest BCUT2D eigenvalue weighted by Gasteiger charge is 2.33. The van der Waals surface area contributed by atoms with E-state index in [1.54, 1.807) is 11.9 Å². The minimum Gasteiger partial charge on any atom is -0.460 e. The van der Waals surface area contributed by atoms with Gasteiger partial charge in [0.1, 0.15) is 6.10 Å². The molecule has 7 nitrogen and oxygen atoms in total. The number of ether oxygens (including phenoxy) is 1. The van der Waals surface area contributed by atoms with Crippen molar-refractivity contribution in [3.63, 3.8) is 0 Å². The lowest BCUT2D eigenvalue weighted by molar-refractivity contribution is -0.128. The zero-order valence-corrected chi connectivity index (χ0v) is 13.6. The van der Waals surface area contributed by atoms with Crippen LogP contribution in [0.25, 0.3) is 0 Å². The number of amides is 2. The summed E-state index contributed by atoms with van der Waals surface area (Å²) in [6.45, 7) is 0.491. The number of halogens is 1. The van der Waals surface area contributed by atoms with Gasteiger partial charge in [-0.25, -0.2) is 14.4 Å². The minimum atomic E-state index is -0.496. The summed E-state index contributed by atoms with van der Waals surface area (Å²) in [5.41, 5.74) is 0. The zero-order valence-electron chi connectivity index (χ0n) is 13.6. The van der Waals surface area contributed by atoms with Crippen molar-refractivity contribution in [2.75, 3.05) is 13.6 Å². The molecule has 130 valence electrons. The predicted octanol–water partition coefficient (Wildman–Crippen LogP) is 0.900. The Balaban J connectivity index is 1.43. The Morgan fingerprint density at radius 2 is 1.96 bits per heavy atom. The SMILES string of the molecule is CN1C[C@H](C(=O)NC2CCC(Oc3ncc(F)cn3)CC2)CC1=O. The van der Waals surface area contributed by atoms with E-state index in [1.165, 1.54) is 0 Å². The Labute approximate surface area is 139 Å². The lowest BCUT2D eigenvalue weighted by Gasteiger charge is -2.29. The average molecular weight is 336 g/mol. The van der Waals surface area contributed by atoms with Crippen LogP contribution in [0.5, 0.6) is 6.01 Å². The first-order valence-corrected chi connectivity index (χ1v) is 8.20. The molecule has 0 unspecified atom stereocenters. The number of carbonyl (C=O) groups excluding carboxylic acids is 2. The molecule has 1 aromatic heterocycles. The number of hydrogen-bond acceptors (Lipinski definition) is 5. The number of nitrogens with zero attached hydrogens (tertiary/aromatic N) is 3. The van der Waals surface area contributed by atoms with Gasteiger partial charge in [-0.2, -0.15) is 0 Å². The maximum Gasteiger partial charge on any atom is 0.316 e. The van der Waals surface area contributed by atoms with Gasteiger partial charge in [0.15, 0.2) is 5.82 Å². The number of nitrogens with one attached hydrogen (secondary N) is 1. The third-order valence-electron chi connectivity index (χ3n) is 4.60. The fourth-order valence-corrected chi connectivity index (χ4v) is 3.19. The number of likely N-dealkylation sites (tertiary alicyclic amines) is 1. The molecule has 2 heterocycles. The highest BCUT2D eigenvalue weighted by Crippen LogP contribution is 2.23. The Hall–Kier alpha value is -2.25. The zero-order chi connectivity index (χ0) is 17.1. The van der Waals surface area contributed by atoms with E-state index >= 15 is 0 Å². The van der Waals surface area contributed by atoms with Gasteiger partial charge in [0.25, 0.3) is 0 Å². The molecule has 24 heavy (non-hydrogen) atoms. The van der Waals surface area contributed by atoms with Gasteiger partial charge in [-0.15, -0.1) is 0 Å². The highest BCUT2D eigenvalue weighted by atomic mass is 19.1. The molecule has 1 aliphatic carbocycles. The first-order chi connectivity index (χ1) is 11.5. The number of hydrogen-bond donors (Lipinski definition) is 1. The lowest BCUT2D eigenvalue weighted by Crippen LogP contribution is -2.43. The van der Waals surface area contributed by atoms with Gasteiger partial charge in [0.05, 0.1) is 18.3 Å². The summed E-state index contributed by atoms with van der Waals surface area (Å²) in [7, 11) is 1.72. The molecule has 1 saturated heterocycles. The van der Waals surface area contributed by atoms with Crippen LogP contribution in [0.3, 0.4) is 0 Å². The molecular weight excluding hydrogens is 315 g/mol. The van der Waals surface area contributed by atoms with Crippen LogP contribution in [0.15, 0.2) is 12.4 Å². The summed E-state index contributed by atoms with van der Waals surface area (Å²) in [6, 6.07) is 0.281. The normalized spacial score (nSPS) is 27.2. The molecule has 8 heteroatoms. The molecule has 0 bridgehead atoms. The van der Waals surface area contributed by atoms with E-state index in [4.69, 9.17) is 4.74 Å². The van der Waals surface area contributed by atoms with Crippen molar-refractivity contribution < 1.29 is 18.7 Å². The van der Waals surface area contributed by atoms with Crippen LogP contribution in [0.2, 0.25) is 0 Å². The Morgan fingerprint density at radius 3 is 2.54 bits per heavy atom. The fourth-order valence-electron chi connectivity index (χ4n) is 3.19. The maximum absolute atomic E-state index is 12.8. The number of aromatic nitrogens is 2. The Morgan fingerprint density at radius 1 is 1.29 bits per heavy atom. The molecular formula is C16H21FN4O3. The summed E-state index contributed by atoms with van der Waals surface area (Å²) >= 11 is 0. The van der Waals surface area contributed by atoms with Crippen LogP contribution in [-0.4, -0.2) is 52.4 Å². The average Bonchev–Trinajstić information content (AvgIpc) is 2.91. The van der Waals surface area contributed by atoms with E-state index in [-0.39, 0.29) is 35.9 Å². The van der Waals surface area contributed by atoms with E-state index in [0.717, 1.165) is 38.1 Å². The van der Waals surface area contributed by atoms with Crippen LogP contribution in [-0.2, 0) is 9.59 Å². The molecule has 0 radical (unpaired) electrons. The summed E-state index contributed by atoms with van der Waals surface area (Å²) in [4.78, 5) is 32.9. The van der Waals surface area contributed by atoms with Crippen molar-refractivity contribution in [3.8, 4) is 6.01 Å². The molecule has 3 rings (SSSR count). The molecule has 1 atom stereocenters. The lowest BCUT2D eigenvalue weighted by atomic mass is 9.92. The second-order valence-corrected chi connectivity index (χ2v) is 6.46. The third-order valence-corrected chi connectivity index (χ3v) is 4.60. The molecule has 1 saturated carbocycles. The van der Waals surface area contributed by atoms with Crippen LogP contribution >= 0.6 is 0 Å². The summed E-state index contributed by atoms with van der Waals surface area (Å²) in [5.74, 6) is -0.764. The maximum atomic E-state index is 12.8. The molecule has 2 fully saturated rings. The van der Waals surface area contributed by atoms with Gasteiger partial charge in [-0.05, 0) is 25.7 Å². The van der Waals surface area contributed by atoms with Gasteiger partial charge < -0.3 is 15.0 Å². The van der Waals surface area contributed by atoms with E-state index in [0.29, 0.717) is 13.0 Å². The molecule has 2 amide bonds. The van der Waals surface area contributed by atoms with E-state index in [9.17, 15) is 14.0 Å². The monoisotopic (exact) mass is 336 g/mol. The van der Waals surface area contributed by atoms with Gasteiger partial charge in [0, 0.05) is 26.1 Å². The fraction of sp³-hybridized carbons (Fsp3) is 0.625. The summed E-state index contributed by atoms with van der Waals surface area (Å²) in [5, 5.41) is 3.04. The topological polar surface area (TPSA) is 84.4 Å². The molecule has 2 aliphatic rings. The first-order valence-electron chi connectivity index (χ1n) is 8.20. The van der Waals surface area contributed by atoms with Crippen molar-refractivity contribution in [3.05, 3.63) is 18.2 Å². The molecule has 1 N–H and O–H groups in total. The molecule has 1 aliphatic heterocycles. The highest BCUT2D eigenvalue weighted by molar-refractivity contribution is 5.89. The van der Waals surface area contributed by atoms with Gasteiger partial charge in [0.2, 0.25) is 11.8 Å². The van der Waals surface area contributed by atoms with Crippen molar-refractivity contribution in [1.82, 2.24) is 20.2 Å². The van der Waals surface area contributed by atoms with Crippen LogP contribution < -0.4 is 10.1 Å². The van der Waals surface area contributed by atoms with Crippen LogP contribution in [0.1, 0.15) is 32.1 Å². The Bertz CT molecular complexity index is 602. The largest absolute Gasteiger partial charge is 0.460 e. The molecule has 1 aromatic rings. The minimum absolute atomic E-state index is 0.0200.